The van der Waals surface area contributed by atoms with Gasteiger partial charge in [-0.1, -0.05) is 6.07 Å². The first-order valence-electron chi connectivity index (χ1n) is 4.20. The van der Waals surface area contributed by atoms with E-state index in [2.05, 4.69) is 15.9 Å². The molecule has 0 bridgehead atoms. The Labute approximate surface area is 94.3 Å². The Morgan fingerprint density at radius 3 is 2.93 bits per heavy atom. The van der Waals surface area contributed by atoms with Crippen LogP contribution in [0.3, 0.4) is 0 Å². The molecular weight excluding hydrogens is 264 g/mol. The molecule has 0 saturated carbocycles. The molecule has 0 fully saturated rings. The van der Waals surface area contributed by atoms with Crippen LogP contribution in [0.25, 0.3) is 0 Å². The predicted octanol–water partition coefficient (Wildman–Crippen LogP) is 3.38. The van der Waals surface area contributed by atoms with Crippen LogP contribution < -0.4 is 0 Å². The molecule has 1 atom stereocenters. The van der Waals surface area contributed by atoms with Crippen molar-refractivity contribution in [3.8, 4) is 0 Å². The van der Waals surface area contributed by atoms with Crippen LogP contribution in [-0.2, 0) is 6.42 Å². The van der Waals surface area contributed by atoms with Crippen molar-refractivity contribution in [3.63, 3.8) is 0 Å². The van der Waals surface area contributed by atoms with E-state index < -0.39 is 6.10 Å². The Morgan fingerprint density at radius 2 is 2.36 bits per heavy atom. The number of halogens is 1. The maximum absolute atomic E-state index is 9.84. The van der Waals surface area contributed by atoms with Gasteiger partial charge in [-0.15, -0.1) is 11.3 Å². The Hall–Kier alpha value is -0.580. The van der Waals surface area contributed by atoms with Crippen LogP contribution >= 0.6 is 27.3 Å². The van der Waals surface area contributed by atoms with Gasteiger partial charge in [0.2, 0.25) is 0 Å². The first-order chi connectivity index (χ1) is 6.77. The van der Waals surface area contributed by atoms with Crippen LogP contribution in [0.2, 0.25) is 0 Å². The molecule has 2 nitrogen and oxygen atoms in total. The summed E-state index contributed by atoms with van der Waals surface area (Å²) in [7, 11) is 0. The number of rotatable bonds is 3. The van der Waals surface area contributed by atoms with E-state index in [9.17, 15) is 5.11 Å². The molecule has 0 radical (unpaired) electrons. The lowest BCUT2D eigenvalue weighted by atomic mass is 10.2. The third-order valence-corrected chi connectivity index (χ3v) is 3.48. The fourth-order valence-corrected chi connectivity index (χ4v) is 2.46. The first-order valence-corrected chi connectivity index (χ1v) is 5.88. The molecular formula is C10H9BrO2S. The molecule has 74 valence electrons. The van der Waals surface area contributed by atoms with Gasteiger partial charge in [-0.25, -0.2) is 0 Å². The van der Waals surface area contributed by atoms with E-state index in [1.807, 2.05) is 17.5 Å². The summed E-state index contributed by atoms with van der Waals surface area (Å²) in [6.07, 6.45) is 1.60. The van der Waals surface area contributed by atoms with Crippen molar-refractivity contribution in [3.05, 3.63) is 45.0 Å². The molecule has 1 N–H and O–H groups in total. The van der Waals surface area contributed by atoms with Gasteiger partial charge in [0.25, 0.3) is 0 Å². The summed E-state index contributed by atoms with van der Waals surface area (Å²) >= 11 is 4.96. The lowest BCUT2D eigenvalue weighted by Crippen LogP contribution is -1.99. The molecule has 2 heterocycles. The van der Waals surface area contributed by atoms with E-state index in [0.29, 0.717) is 12.2 Å². The molecule has 0 spiro atoms. The number of hydrogen-bond acceptors (Lipinski definition) is 3. The maximum atomic E-state index is 9.84. The number of furan rings is 1. The third-order valence-electron chi connectivity index (χ3n) is 1.92. The van der Waals surface area contributed by atoms with Gasteiger partial charge in [-0.05, 0) is 33.4 Å². The molecule has 0 aliphatic rings. The minimum absolute atomic E-state index is 0.571. The second kappa shape index (κ2) is 4.29. The third kappa shape index (κ3) is 2.08. The Bertz CT molecular complexity index is 394. The monoisotopic (exact) mass is 272 g/mol. The lowest BCUT2D eigenvalue weighted by molar-refractivity contribution is 0.150. The van der Waals surface area contributed by atoms with Crippen LogP contribution in [0, 0.1) is 0 Å². The second-order valence-electron chi connectivity index (χ2n) is 2.93. The van der Waals surface area contributed by atoms with E-state index in [-0.39, 0.29) is 0 Å². The van der Waals surface area contributed by atoms with E-state index >= 15 is 0 Å². The summed E-state index contributed by atoms with van der Waals surface area (Å²) in [5, 5.41) is 11.8. The van der Waals surface area contributed by atoms with Gasteiger partial charge in [-0.2, -0.15) is 0 Å². The normalized spacial score (nSPS) is 13.0. The molecule has 2 aromatic rings. The molecule has 0 amide bonds. The Morgan fingerprint density at radius 1 is 1.50 bits per heavy atom. The summed E-state index contributed by atoms with van der Waals surface area (Å²) in [6.45, 7) is 0. The van der Waals surface area contributed by atoms with Gasteiger partial charge in [0.05, 0.1) is 10.7 Å². The predicted molar refractivity (Wildman–Crippen MR) is 59.4 cm³/mol. The Balaban J connectivity index is 2.10. The molecule has 14 heavy (non-hydrogen) atoms. The standard InChI is InChI=1S/C10H9BrO2S/c11-8-3-4-13-10(8)9(12)6-7-2-1-5-14-7/h1-5,9,12H,6H2. The van der Waals surface area contributed by atoms with E-state index in [1.54, 1.807) is 23.7 Å². The second-order valence-corrected chi connectivity index (χ2v) is 4.82. The van der Waals surface area contributed by atoms with Gasteiger partial charge >= 0.3 is 0 Å². The molecule has 0 aliphatic carbocycles. The van der Waals surface area contributed by atoms with Crippen molar-refractivity contribution in [2.45, 2.75) is 12.5 Å². The van der Waals surface area contributed by atoms with Gasteiger partial charge in [-0.3, -0.25) is 0 Å². The van der Waals surface area contributed by atoms with Crippen LogP contribution in [0.4, 0.5) is 0 Å². The summed E-state index contributed by atoms with van der Waals surface area (Å²) in [4.78, 5) is 1.15. The van der Waals surface area contributed by atoms with Crippen molar-refractivity contribution in [2.24, 2.45) is 0 Å². The minimum atomic E-state index is -0.571. The van der Waals surface area contributed by atoms with Crippen molar-refractivity contribution < 1.29 is 9.52 Å². The van der Waals surface area contributed by atoms with Crippen LogP contribution in [0.15, 0.2) is 38.7 Å². The van der Waals surface area contributed by atoms with Crippen molar-refractivity contribution in [2.75, 3.05) is 0 Å². The molecule has 2 rings (SSSR count). The quantitative estimate of drug-likeness (QED) is 0.930. The van der Waals surface area contributed by atoms with Crippen LogP contribution in [0.5, 0.6) is 0 Å². The van der Waals surface area contributed by atoms with Gasteiger partial charge in [0.15, 0.2) is 0 Å². The number of hydrogen-bond donors (Lipinski definition) is 1. The highest BCUT2D eigenvalue weighted by Crippen LogP contribution is 2.27. The van der Waals surface area contributed by atoms with Gasteiger partial charge < -0.3 is 9.52 Å². The molecule has 4 heteroatoms. The Kier molecular flexibility index (Phi) is 3.05. The zero-order valence-electron chi connectivity index (χ0n) is 7.31. The topological polar surface area (TPSA) is 33.4 Å². The molecule has 0 aliphatic heterocycles. The maximum Gasteiger partial charge on any atom is 0.146 e. The highest BCUT2D eigenvalue weighted by molar-refractivity contribution is 9.10. The highest BCUT2D eigenvalue weighted by atomic mass is 79.9. The average Bonchev–Trinajstić information content (AvgIpc) is 2.75. The number of aliphatic hydroxyl groups excluding tert-OH is 1. The van der Waals surface area contributed by atoms with Crippen LogP contribution in [-0.4, -0.2) is 5.11 Å². The van der Waals surface area contributed by atoms with Crippen LogP contribution in [0.1, 0.15) is 16.7 Å². The van der Waals surface area contributed by atoms with Gasteiger partial charge in [0, 0.05) is 11.3 Å². The smallest absolute Gasteiger partial charge is 0.146 e. The van der Waals surface area contributed by atoms with Crippen molar-refractivity contribution in [1.82, 2.24) is 0 Å². The minimum Gasteiger partial charge on any atom is -0.465 e. The highest BCUT2D eigenvalue weighted by Gasteiger charge is 2.15. The summed E-state index contributed by atoms with van der Waals surface area (Å²) < 4.78 is 6.00. The zero-order valence-corrected chi connectivity index (χ0v) is 9.72. The molecule has 0 saturated heterocycles. The fourth-order valence-electron chi connectivity index (χ4n) is 1.26. The number of thiophene rings is 1. The summed E-state index contributed by atoms with van der Waals surface area (Å²) in [5.41, 5.74) is 0. The van der Waals surface area contributed by atoms with E-state index in [1.165, 1.54) is 0 Å². The van der Waals surface area contributed by atoms with Crippen molar-refractivity contribution >= 4 is 27.3 Å². The summed E-state index contributed by atoms with van der Waals surface area (Å²) in [5.74, 6) is 0.596. The first kappa shape index (κ1) is 9.96. The average molecular weight is 273 g/mol. The fraction of sp³-hybridized carbons (Fsp3) is 0.200. The lowest BCUT2D eigenvalue weighted by Gasteiger charge is -2.06. The number of aliphatic hydroxyl groups is 1. The largest absolute Gasteiger partial charge is 0.465 e. The SMILES string of the molecule is OC(Cc1cccs1)c1occc1Br. The van der Waals surface area contributed by atoms with Crippen molar-refractivity contribution in [1.29, 1.82) is 0 Å². The van der Waals surface area contributed by atoms with E-state index in [0.717, 1.165) is 9.35 Å². The van der Waals surface area contributed by atoms with E-state index in [4.69, 9.17) is 4.42 Å². The molecule has 2 aromatic heterocycles. The summed E-state index contributed by atoms with van der Waals surface area (Å²) in [6, 6.07) is 5.77. The molecule has 0 aromatic carbocycles. The zero-order chi connectivity index (χ0) is 9.97. The molecule has 1 unspecified atom stereocenters. The van der Waals surface area contributed by atoms with Gasteiger partial charge in [0.1, 0.15) is 11.9 Å².